The molecule has 1 aliphatic heterocycles. The van der Waals surface area contributed by atoms with Crippen LogP contribution in [-0.4, -0.2) is 37.4 Å². The summed E-state index contributed by atoms with van der Waals surface area (Å²) < 4.78 is 0. The molecule has 0 amide bonds. The molecule has 128 valence electrons. The molecule has 23 heavy (non-hydrogen) atoms. The Bertz CT molecular complexity index is 494. The standard InChI is InChI=1S/C20H32N2O/c1-4-16(2)20(23)15-22(3)14-19-7-5-6-18(13-19)12-17-8-10-21-11-9-17/h5-7,13,16-17,21H,4,8-12,14-15H2,1-3H3. The van der Waals surface area contributed by atoms with Crippen LogP contribution in [0.15, 0.2) is 24.3 Å². The number of hydrogen-bond donors (Lipinski definition) is 1. The third-order valence-corrected chi connectivity index (χ3v) is 5.01. The van der Waals surface area contributed by atoms with E-state index in [-0.39, 0.29) is 5.92 Å². The molecule has 0 saturated carbocycles. The van der Waals surface area contributed by atoms with E-state index in [1.165, 1.54) is 30.4 Å². The quantitative estimate of drug-likeness (QED) is 0.799. The van der Waals surface area contributed by atoms with E-state index in [1.807, 2.05) is 14.0 Å². The van der Waals surface area contributed by atoms with Crippen molar-refractivity contribution in [3.63, 3.8) is 0 Å². The number of likely N-dealkylation sites (N-methyl/N-ethyl adjacent to an activating group) is 1. The van der Waals surface area contributed by atoms with Gasteiger partial charge in [-0.2, -0.15) is 0 Å². The first-order valence-corrected chi connectivity index (χ1v) is 9.08. The Kier molecular flexibility index (Phi) is 7.25. The lowest BCUT2D eigenvalue weighted by molar-refractivity contribution is -0.123. The molecule has 1 atom stereocenters. The van der Waals surface area contributed by atoms with Crippen LogP contribution in [0.1, 0.15) is 44.2 Å². The van der Waals surface area contributed by atoms with Crippen molar-refractivity contribution < 1.29 is 4.79 Å². The van der Waals surface area contributed by atoms with Crippen molar-refractivity contribution in [1.82, 2.24) is 10.2 Å². The van der Waals surface area contributed by atoms with E-state index < -0.39 is 0 Å². The van der Waals surface area contributed by atoms with Crippen LogP contribution in [0.4, 0.5) is 0 Å². The molecule has 1 unspecified atom stereocenters. The molecule has 1 aliphatic rings. The number of Topliss-reactive ketones (excluding diaryl/α,β-unsaturated/α-hetero) is 1. The molecule has 3 heteroatoms. The summed E-state index contributed by atoms with van der Waals surface area (Å²) in [7, 11) is 2.04. The first kappa shape index (κ1) is 18.2. The van der Waals surface area contributed by atoms with Crippen LogP contribution in [0.3, 0.4) is 0 Å². The van der Waals surface area contributed by atoms with Gasteiger partial charge in [0, 0.05) is 12.5 Å². The fourth-order valence-electron chi connectivity index (χ4n) is 3.29. The van der Waals surface area contributed by atoms with Crippen LogP contribution in [0.25, 0.3) is 0 Å². The minimum Gasteiger partial charge on any atom is -0.317 e. The maximum absolute atomic E-state index is 12.1. The predicted molar refractivity (Wildman–Crippen MR) is 96.5 cm³/mol. The number of hydrogen-bond acceptors (Lipinski definition) is 3. The Labute approximate surface area is 141 Å². The van der Waals surface area contributed by atoms with Crippen molar-refractivity contribution in [2.45, 2.75) is 46.1 Å². The van der Waals surface area contributed by atoms with Crippen LogP contribution in [-0.2, 0) is 17.8 Å². The highest BCUT2D eigenvalue weighted by Gasteiger charge is 2.15. The molecular weight excluding hydrogens is 284 g/mol. The minimum absolute atomic E-state index is 0.170. The Hall–Kier alpha value is -1.19. The average molecular weight is 316 g/mol. The summed E-state index contributed by atoms with van der Waals surface area (Å²) in [4.78, 5) is 14.2. The molecule has 0 bridgehead atoms. The molecule has 1 fully saturated rings. The molecule has 0 aromatic heterocycles. The number of piperidine rings is 1. The summed E-state index contributed by atoms with van der Waals surface area (Å²) in [5.41, 5.74) is 2.76. The van der Waals surface area contributed by atoms with E-state index in [1.54, 1.807) is 0 Å². The molecule has 1 aromatic carbocycles. The van der Waals surface area contributed by atoms with Gasteiger partial charge in [0.15, 0.2) is 0 Å². The van der Waals surface area contributed by atoms with Gasteiger partial charge in [0.25, 0.3) is 0 Å². The number of ketones is 1. The molecule has 1 saturated heterocycles. The minimum atomic E-state index is 0.170. The second-order valence-electron chi connectivity index (χ2n) is 7.17. The number of rotatable bonds is 8. The van der Waals surface area contributed by atoms with Gasteiger partial charge in [0.1, 0.15) is 5.78 Å². The van der Waals surface area contributed by atoms with Gasteiger partial charge < -0.3 is 5.32 Å². The molecule has 0 aliphatic carbocycles. The summed E-state index contributed by atoms with van der Waals surface area (Å²) in [6, 6.07) is 8.91. The van der Waals surface area contributed by atoms with Crippen molar-refractivity contribution in [1.29, 1.82) is 0 Å². The van der Waals surface area contributed by atoms with Gasteiger partial charge in [-0.05, 0) is 62.9 Å². The van der Waals surface area contributed by atoms with Crippen LogP contribution in [0.2, 0.25) is 0 Å². The van der Waals surface area contributed by atoms with Crippen LogP contribution in [0, 0.1) is 11.8 Å². The Morgan fingerprint density at radius 2 is 2.00 bits per heavy atom. The van der Waals surface area contributed by atoms with Crippen molar-refractivity contribution in [3.05, 3.63) is 35.4 Å². The molecule has 1 aromatic rings. The third kappa shape index (κ3) is 6.08. The number of benzene rings is 1. The number of carbonyl (C=O) groups is 1. The topological polar surface area (TPSA) is 32.3 Å². The zero-order valence-electron chi connectivity index (χ0n) is 15.0. The highest BCUT2D eigenvalue weighted by Crippen LogP contribution is 2.19. The number of nitrogens with zero attached hydrogens (tertiary/aromatic N) is 1. The van der Waals surface area contributed by atoms with E-state index in [4.69, 9.17) is 0 Å². The lowest BCUT2D eigenvalue weighted by Crippen LogP contribution is -2.29. The molecule has 0 radical (unpaired) electrons. The van der Waals surface area contributed by atoms with Gasteiger partial charge in [-0.15, -0.1) is 0 Å². The maximum Gasteiger partial charge on any atom is 0.149 e. The lowest BCUT2D eigenvalue weighted by atomic mass is 9.90. The van der Waals surface area contributed by atoms with E-state index in [2.05, 4.69) is 41.4 Å². The molecular formula is C20H32N2O. The summed E-state index contributed by atoms with van der Waals surface area (Å²) in [6.45, 7) is 7.81. The summed E-state index contributed by atoms with van der Waals surface area (Å²) in [6.07, 6.45) is 4.69. The predicted octanol–water partition coefficient (Wildman–Crippen LogP) is 3.28. The number of nitrogens with one attached hydrogen (secondary N) is 1. The first-order valence-electron chi connectivity index (χ1n) is 9.08. The van der Waals surface area contributed by atoms with E-state index in [0.29, 0.717) is 12.3 Å². The molecule has 1 heterocycles. The van der Waals surface area contributed by atoms with Gasteiger partial charge in [-0.3, -0.25) is 9.69 Å². The van der Waals surface area contributed by atoms with Gasteiger partial charge in [-0.25, -0.2) is 0 Å². The van der Waals surface area contributed by atoms with Crippen LogP contribution < -0.4 is 5.32 Å². The van der Waals surface area contributed by atoms with Crippen molar-refractivity contribution >= 4 is 5.78 Å². The van der Waals surface area contributed by atoms with Crippen LogP contribution in [0.5, 0.6) is 0 Å². The fraction of sp³-hybridized carbons (Fsp3) is 0.650. The lowest BCUT2D eigenvalue weighted by Gasteiger charge is -2.23. The largest absolute Gasteiger partial charge is 0.317 e. The Morgan fingerprint density at radius 3 is 2.70 bits per heavy atom. The van der Waals surface area contributed by atoms with Gasteiger partial charge >= 0.3 is 0 Å². The second-order valence-corrected chi connectivity index (χ2v) is 7.17. The molecule has 0 spiro atoms. The second kappa shape index (κ2) is 9.19. The molecule has 1 N–H and O–H groups in total. The zero-order chi connectivity index (χ0) is 16.7. The number of carbonyl (C=O) groups excluding carboxylic acids is 1. The summed E-state index contributed by atoms with van der Waals surface area (Å²) in [5.74, 6) is 1.33. The van der Waals surface area contributed by atoms with Gasteiger partial charge in [-0.1, -0.05) is 38.1 Å². The first-order chi connectivity index (χ1) is 11.1. The SMILES string of the molecule is CCC(C)C(=O)CN(C)Cc1cccc(CC2CCNCC2)c1. The fourth-order valence-corrected chi connectivity index (χ4v) is 3.29. The van der Waals surface area contributed by atoms with Crippen LogP contribution >= 0.6 is 0 Å². The Balaban J connectivity index is 1.87. The van der Waals surface area contributed by atoms with Crippen molar-refractivity contribution in [2.24, 2.45) is 11.8 Å². The van der Waals surface area contributed by atoms with Crippen molar-refractivity contribution in [2.75, 3.05) is 26.7 Å². The summed E-state index contributed by atoms with van der Waals surface area (Å²) >= 11 is 0. The highest BCUT2D eigenvalue weighted by atomic mass is 16.1. The average Bonchev–Trinajstić information content (AvgIpc) is 2.55. The van der Waals surface area contributed by atoms with E-state index in [0.717, 1.165) is 32.0 Å². The Morgan fingerprint density at radius 1 is 1.30 bits per heavy atom. The van der Waals surface area contributed by atoms with E-state index >= 15 is 0 Å². The van der Waals surface area contributed by atoms with Crippen molar-refractivity contribution in [3.8, 4) is 0 Å². The maximum atomic E-state index is 12.1. The smallest absolute Gasteiger partial charge is 0.149 e. The highest BCUT2D eigenvalue weighted by molar-refractivity contribution is 5.82. The monoisotopic (exact) mass is 316 g/mol. The van der Waals surface area contributed by atoms with Gasteiger partial charge in [0.05, 0.1) is 6.54 Å². The normalized spacial score (nSPS) is 17.4. The molecule has 2 rings (SSSR count). The van der Waals surface area contributed by atoms with E-state index in [9.17, 15) is 4.79 Å². The molecule has 3 nitrogen and oxygen atoms in total. The third-order valence-electron chi connectivity index (χ3n) is 5.01. The van der Waals surface area contributed by atoms with Gasteiger partial charge in [0.2, 0.25) is 0 Å². The zero-order valence-corrected chi connectivity index (χ0v) is 15.0. The summed E-state index contributed by atoms with van der Waals surface area (Å²) in [5, 5.41) is 3.43.